The zero-order valence-electron chi connectivity index (χ0n) is 25.8. The molecule has 154 valence electrons. The maximum Gasteiger partial charge on any atom is 0.119 e. The highest BCUT2D eigenvalue weighted by Crippen LogP contribution is 2.14. The fourth-order valence-corrected chi connectivity index (χ4v) is 2.30. The van der Waals surface area contributed by atoms with E-state index >= 15 is 0 Å². The van der Waals surface area contributed by atoms with Gasteiger partial charge in [0.2, 0.25) is 0 Å². The molecule has 0 saturated carbocycles. The van der Waals surface area contributed by atoms with Crippen LogP contribution < -0.4 is 4.74 Å². The average molecular weight is 405 g/mol. The molecule has 0 spiro atoms. The third-order valence-corrected chi connectivity index (χ3v) is 3.80. The Bertz CT molecular complexity index is 1130. The minimum Gasteiger partial charge on any atom is -0.508 e. The quantitative estimate of drug-likeness (QED) is 0.543. The number of phenolic OH excluding ortho intramolecular Hbond substituents is 1. The molecule has 4 heteroatoms. The number of phenols is 1. The predicted molar refractivity (Wildman–Crippen MR) is 116 cm³/mol. The Morgan fingerprint density at radius 3 is 1.83 bits per heavy atom. The summed E-state index contributed by atoms with van der Waals surface area (Å²) < 4.78 is 85.8. The first kappa shape index (κ1) is 12.0. The van der Waals surface area contributed by atoms with Crippen molar-refractivity contribution in [2.24, 2.45) is 0 Å². The van der Waals surface area contributed by atoms with E-state index in [-0.39, 0.29) is 18.6 Å². The SMILES string of the molecule is [2H]C([2H])([2H])OC([2H])([2H])Cc1ccc(O)cc1.[2H]C([2H])([2H])OC([2H])([2H])Cc1ccc(OCc2ccccc2)cc1. The molecule has 1 N–H and O–H groups in total. The molecule has 3 rings (SSSR count). The van der Waals surface area contributed by atoms with E-state index in [0.29, 0.717) is 23.5 Å². The maximum atomic E-state index is 9.03. The van der Waals surface area contributed by atoms with Gasteiger partial charge < -0.3 is 19.3 Å². The number of aromatic hydroxyl groups is 1. The summed E-state index contributed by atoms with van der Waals surface area (Å²) in [5.74, 6) is 0.732. The Morgan fingerprint density at radius 2 is 1.28 bits per heavy atom. The molecular formula is C25H30O4. The second kappa shape index (κ2) is 13.4. The van der Waals surface area contributed by atoms with Crippen LogP contribution in [-0.4, -0.2) is 32.3 Å². The van der Waals surface area contributed by atoms with E-state index in [2.05, 4.69) is 9.47 Å². The standard InChI is InChI=1S/C16H18O2.C9H12O2/c1-17-12-11-14-7-9-16(10-8-14)18-13-15-5-3-2-4-6-15;1-11-7-6-8-2-4-9(10)5-3-8/h2-10H,11-13H2,1H3;2-5,10H,6-7H2,1H3/i1D3,12D2;1D3,7D2. The monoisotopic (exact) mass is 404 g/mol. The minimum atomic E-state index is -2.76. The smallest absolute Gasteiger partial charge is 0.119 e. The molecule has 0 fully saturated rings. The zero-order valence-corrected chi connectivity index (χ0v) is 15.8. The van der Waals surface area contributed by atoms with E-state index in [9.17, 15) is 0 Å². The van der Waals surface area contributed by atoms with Crippen LogP contribution in [0.1, 0.15) is 30.4 Å². The summed E-state index contributed by atoms with van der Waals surface area (Å²) in [6.45, 7) is -4.07. The summed E-state index contributed by atoms with van der Waals surface area (Å²) in [6, 6.07) is 22.4. The number of ether oxygens (including phenoxy) is 3. The summed E-state index contributed by atoms with van der Waals surface area (Å²) in [4.78, 5) is 0. The molecule has 3 aromatic rings. The van der Waals surface area contributed by atoms with Gasteiger partial charge in [-0.2, -0.15) is 0 Å². The van der Waals surface area contributed by atoms with Crippen molar-refractivity contribution in [3.8, 4) is 11.5 Å². The Labute approximate surface area is 187 Å². The summed E-state index contributed by atoms with van der Waals surface area (Å²) in [5, 5.41) is 9.03. The Kier molecular flexibility index (Phi) is 5.54. The van der Waals surface area contributed by atoms with Crippen LogP contribution in [0.3, 0.4) is 0 Å². The van der Waals surface area contributed by atoms with Crippen molar-refractivity contribution in [3.63, 3.8) is 0 Å². The van der Waals surface area contributed by atoms with E-state index in [1.165, 1.54) is 24.3 Å². The summed E-state index contributed by atoms with van der Waals surface area (Å²) >= 11 is 0. The maximum absolute atomic E-state index is 9.03. The lowest BCUT2D eigenvalue weighted by Gasteiger charge is -2.07. The van der Waals surface area contributed by atoms with Gasteiger partial charge in [0.25, 0.3) is 0 Å². The molecular weight excluding hydrogens is 364 g/mol. The molecule has 0 atom stereocenters. The third kappa shape index (κ3) is 9.28. The predicted octanol–water partition coefficient (Wildman–Crippen LogP) is 5.04. The van der Waals surface area contributed by atoms with E-state index < -0.39 is 27.2 Å². The van der Waals surface area contributed by atoms with E-state index in [0.717, 1.165) is 5.56 Å². The second-order valence-corrected chi connectivity index (χ2v) is 5.93. The number of hydrogen-bond donors (Lipinski definition) is 1. The fourth-order valence-electron chi connectivity index (χ4n) is 2.30. The molecule has 0 bridgehead atoms. The van der Waals surface area contributed by atoms with Gasteiger partial charge in [-0.3, -0.25) is 0 Å². The van der Waals surface area contributed by atoms with Crippen LogP contribution in [-0.2, 0) is 28.9 Å². The van der Waals surface area contributed by atoms with E-state index in [4.69, 9.17) is 23.6 Å². The van der Waals surface area contributed by atoms with Crippen LogP contribution in [0.15, 0.2) is 78.9 Å². The lowest BCUT2D eigenvalue weighted by molar-refractivity contribution is 0.202. The molecule has 0 radical (unpaired) electrons. The van der Waals surface area contributed by atoms with Crippen LogP contribution in [0, 0.1) is 0 Å². The van der Waals surface area contributed by atoms with Crippen molar-refractivity contribution in [1.29, 1.82) is 0 Å². The first-order chi connectivity index (χ1) is 17.9. The van der Waals surface area contributed by atoms with Crippen molar-refractivity contribution in [2.75, 3.05) is 27.2 Å². The van der Waals surface area contributed by atoms with Crippen LogP contribution in [0.25, 0.3) is 0 Å². The van der Waals surface area contributed by atoms with Gasteiger partial charge in [-0.1, -0.05) is 54.6 Å². The van der Waals surface area contributed by atoms with Crippen LogP contribution in [0.4, 0.5) is 0 Å². The van der Waals surface area contributed by atoms with Crippen molar-refractivity contribution >= 4 is 0 Å². The molecule has 29 heavy (non-hydrogen) atoms. The van der Waals surface area contributed by atoms with Crippen LogP contribution in [0.5, 0.6) is 11.5 Å². The molecule has 0 aliphatic carbocycles. The summed E-state index contributed by atoms with van der Waals surface area (Å²) in [6.07, 6.45) is -0.337. The minimum absolute atomic E-state index is 0.0704. The lowest BCUT2D eigenvalue weighted by Crippen LogP contribution is -1.96. The fraction of sp³-hybridized carbons (Fsp3) is 0.280. The number of rotatable bonds is 9. The number of methoxy groups -OCH3 is 2. The third-order valence-electron chi connectivity index (χ3n) is 3.80. The van der Waals surface area contributed by atoms with E-state index in [1.54, 1.807) is 24.3 Å². The van der Waals surface area contributed by atoms with Crippen molar-refractivity contribution in [1.82, 2.24) is 0 Å². The second-order valence-electron chi connectivity index (χ2n) is 5.93. The van der Waals surface area contributed by atoms with Gasteiger partial charge in [0.05, 0.1) is 26.8 Å². The number of hydrogen-bond acceptors (Lipinski definition) is 4. The van der Waals surface area contributed by atoms with Gasteiger partial charge in [0, 0.05) is 14.1 Å². The van der Waals surface area contributed by atoms with Crippen molar-refractivity contribution in [3.05, 3.63) is 95.6 Å². The molecule has 0 heterocycles. The Balaban J connectivity index is 0.000000293. The molecule has 0 saturated heterocycles. The molecule has 0 aromatic heterocycles. The van der Waals surface area contributed by atoms with Crippen LogP contribution in [0.2, 0.25) is 0 Å². The van der Waals surface area contributed by atoms with Gasteiger partial charge in [0.15, 0.2) is 0 Å². The van der Waals surface area contributed by atoms with Crippen molar-refractivity contribution in [2.45, 2.75) is 19.4 Å². The largest absolute Gasteiger partial charge is 0.508 e. The lowest BCUT2D eigenvalue weighted by atomic mass is 10.1. The molecule has 0 amide bonds. The highest BCUT2D eigenvalue weighted by molar-refractivity contribution is 5.28. The molecule has 0 unspecified atom stereocenters. The van der Waals surface area contributed by atoms with Gasteiger partial charge in [-0.25, -0.2) is 0 Å². The number of aryl methyl sites for hydroxylation is 2. The average Bonchev–Trinajstić information content (AvgIpc) is 2.78. The summed E-state index contributed by atoms with van der Waals surface area (Å²) in [7, 11) is -5.53. The van der Waals surface area contributed by atoms with Gasteiger partial charge in [-0.15, -0.1) is 0 Å². The zero-order chi connectivity index (χ0) is 29.3. The Morgan fingerprint density at radius 1 is 0.724 bits per heavy atom. The number of benzene rings is 3. The normalized spacial score (nSPS) is 17.1. The highest BCUT2D eigenvalue weighted by Gasteiger charge is 1.97. The molecule has 0 aliphatic rings. The van der Waals surface area contributed by atoms with E-state index in [1.807, 2.05) is 30.3 Å². The topological polar surface area (TPSA) is 47.9 Å². The molecule has 3 aromatic carbocycles. The Hall–Kier alpha value is -2.82. The highest BCUT2D eigenvalue weighted by atomic mass is 16.5. The molecule has 4 nitrogen and oxygen atoms in total. The first-order valence-corrected chi connectivity index (χ1v) is 8.85. The van der Waals surface area contributed by atoms with Crippen molar-refractivity contribution < 1.29 is 33.0 Å². The molecule has 0 aliphatic heterocycles. The van der Waals surface area contributed by atoms with Crippen LogP contribution >= 0.6 is 0 Å². The van der Waals surface area contributed by atoms with Gasteiger partial charge in [0.1, 0.15) is 18.1 Å². The summed E-state index contributed by atoms with van der Waals surface area (Å²) in [5.41, 5.74) is 2.23. The van der Waals surface area contributed by atoms with Gasteiger partial charge >= 0.3 is 0 Å². The first-order valence-electron chi connectivity index (χ1n) is 13.9. The van der Waals surface area contributed by atoms with Gasteiger partial charge in [-0.05, 0) is 53.8 Å².